The maximum atomic E-state index is 6.14. The summed E-state index contributed by atoms with van der Waals surface area (Å²) < 4.78 is 4.16. The monoisotopic (exact) mass is 363 g/mol. The highest BCUT2D eigenvalue weighted by Crippen LogP contribution is 2.23. The normalized spacial score (nSPS) is 11.3. The highest BCUT2D eigenvalue weighted by molar-refractivity contribution is 6.42. The Hall–Kier alpha value is -1.82. The van der Waals surface area contributed by atoms with E-state index in [4.69, 9.17) is 23.2 Å². The molecule has 1 aromatic carbocycles. The number of imidazole rings is 2. The summed E-state index contributed by atoms with van der Waals surface area (Å²) in [7, 11) is 0. The van der Waals surface area contributed by atoms with Gasteiger partial charge in [-0.05, 0) is 17.7 Å². The van der Waals surface area contributed by atoms with Crippen LogP contribution >= 0.6 is 23.2 Å². The Morgan fingerprint density at radius 1 is 0.875 bits per heavy atom. The van der Waals surface area contributed by atoms with Crippen LogP contribution in [0.25, 0.3) is 0 Å². The summed E-state index contributed by atoms with van der Waals surface area (Å²) in [5, 5.41) is 1.18. The van der Waals surface area contributed by atoms with Gasteiger partial charge in [-0.1, -0.05) is 29.3 Å². The fourth-order valence-electron chi connectivity index (χ4n) is 2.52. The molecule has 3 rings (SSSR count). The first kappa shape index (κ1) is 17.0. The van der Waals surface area contributed by atoms with Crippen LogP contribution in [0.3, 0.4) is 0 Å². The van der Waals surface area contributed by atoms with Gasteiger partial charge in [0.15, 0.2) is 0 Å². The Bertz CT molecular complexity index is 702. The van der Waals surface area contributed by atoms with Gasteiger partial charge in [0.1, 0.15) is 0 Å². The molecule has 126 valence electrons. The quantitative estimate of drug-likeness (QED) is 0.613. The van der Waals surface area contributed by atoms with Crippen molar-refractivity contribution in [2.45, 2.75) is 19.6 Å². The molecule has 0 aliphatic heterocycles. The van der Waals surface area contributed by atoms with Crippen molar-refractivity contribution in [2.24, 2.45) is 0 Å². The average molecular weight is 364 g/mol. The first-order chi connectivity index (χ1) is 11.7. The van der Waals surface area contributed by atoms with Crippen LogP contribution in [0.2, 0.25) is 10.0 Å². The minimum atomic E-state index is 0.587. The van der Waals surface area contributed by atoms with Crippen molar-refractivity contribution in [3.8, 4) is 0 Å². The van der Waals surface area contributed by atoms with Gasteiger partial charge in [0, 0.05) is 57.5 Å². The lowest BCUT2D eigenvalue weighted by Crippen LogP contribution is -2.30. The zero-order valence-corrected chi connectivity index (χ0v) is 14.7. The van der Waals surface area contributed by atoms with Crippen LogP contribution < -0.4 is 0 Å². The van der Waals surface area contributed by atoms with Gasteiger partial charge in [-0.2, -0.15) is 0 Å². The SMILES string of the molecule is Clc1ccc(CN(CCn2ccnc2)CCn2ccnc2)cc1Cl. The van der Waals surface area contributed by atoms with Gasteiger partial charge < -0.3 is 9.13 Å². The third-order valence-electron chi connectivity index (χ3n) is 3.86. The summed E-state index contributed by atoms with van der Waals surface area (Å²) in [5.41, 5.74) is 1.15. The van der Waals surface area contributed by atoms with Crippen LogP contribution in [-0.4, -0.2) is 37.1 Å². The van der Waals surface area contributed by atoms with Gasteiger partial charge in [0.25, 0.3) is 0 Å². The minimum absolute atomic E-state index is 0.587. The topological polar surface area (TPSA) is 38.9 Å². The van der Waals surface area contributed by atoms with E-state index < -0.39 is 0 Å². The van der Waals surface area contributed by atoms with E-state index in [9.17, 15) is 0 Å². The summed E-state index contributed by atoms with van der Waals surface area (Å²) in [6.45, 7) is 4.45. The summed E-state index contributed by atoms with van der Waals surface area (Å²) in [6, 6.07) is 5.81. The smallest absolute Gasteiger partial charge is 0.0946 e. The largest absolute Gasteiger partial charge is 0.336 e. The molecule has 0 saturated heterocycles. The van der Waals surface area contributed by atoms with Crippen molar-refractivity contribution in [3.63, 3.8) is 0 Å². The van der Waals surface area contributed by atoms with Crippen molar-refractivity contribution in [1.82, 2.24) is 24.0 Å². The van der Waals surface area contributed by atoms with E-state index in [0.29, 0.717) is 10.0 Å². The second-order valence-electron chi connectivity index (χ2n) is 5.63. The Balaban J connectivity index is 1.64. The third-order valence-corrected chi connectivity index (χ3v) is 4.60. The maximum absolute atomic E-state index is 6.14. The Labute approximate surface area is 151 Å². The standard InChI is InChI=1S/C17H19Cl2N5/c18-16-2-1-15(11-17(16)19)12-22(7-9-23-5-3-20-13-23)8-10-24-6-4-21-14-24/h1-6,11,13-14H,7-10,12H2. The van der Waals surface area contributed by atoms with Crippen LogP contribution in [0.15, 0.2) is 55.6 Å². The molecule has 0 saturated carbocycles. The van der Waals surface area contributed by atoms with E-state index in [1.54, 1.807) is 12.4 Å². The van der Waals surface area contributed by atoms with Gasteiger partial charge in [0.05, 0.1) is 22.7 Å². The molecular formula is C17H19Cl2N5. The van der Waals surface area contributed by atoms with Crippen molar-refractivity contribution in [3.05, 3.63) is 71.2 Å². The second-order valence-corrected chi connectivity index (χ2v) is 6.44. The number of halogens is 2. The summed E-state index contributed by atoms with van der Waals surface area (Å²) in [4.78, 5) is 10.6. The van der Waals surface area contributed by atoms with Crippen molar-refractivity contribution < 1.29 is 0 Å². The van der Waals surface area contributed by atoms with Crippen molar-refractivity contribution >= 4 is 23.2 Å². The number of nitrogens with zero attached hydrogens (tertiary/aromatic N) is 5. The highest BCUT2D eigenvalue weighted by atomic mass is 35.5. The molecular weight excluding hydrogens is 345 g/mol. The Kier molecular flexibility index (Phi) is 5.91. The number of aromatic nitrogens is 4. The minimum Gasteiger partial charge on any atom is -0.336 e. The molecule has 0 atom stereocenters. The summed E-state index contributed by atoms with van der Waals surface area (Å²) in [5.74, 6) is 0. The molecule has 0 aliphatic carbocycles. The van der Waals surface area contributed by atoms with Crippen molar-refractivity contribution in [1.29, 1.82) is 0 Å². The molecule has 0 spiro atoms. The highest BCUT2D eigenvalue weighted by Gasteiger charge is 2.08. The van der Waals surface area contributed by atoms with Crippen LogP contribution in [0.5, 0.6) is 0 Å². The molecule has 0 fully saturated rings. The van der Waals surface area contributed by atoms with Gasteiger partial charge in [-0.3, -0.25) is 4.90 Å². The number of hydrogen-bond donors (Lipinski definition) is 0. The van der Waals surface area contributed by atoms with Gasteiger partial charge in [0.2, 0.25) is 0 Å². The van der Waals surface area contributed by atoms with E-state index >= 15 is 0 Å². The molecule has 0 amide bonds. The molecule has 3 aromatic rings. The Morgan fingerprint density at radius 2 is 1.50 bits per heavy atom. The van der Waals surface area contributed by atoms with Crippen LogP contribution in [0, 0.1) is 0 Å². The zero-order chi connectivity index (χ0) is 16.8. The third kappa shape index (κ3) is 4.84. The zero-order valence-electron chi connectivity index (χ0n) is 13.2. The van der Waals surface area contributed by atoms with E-state index in [0.717, 1.165) is 38.3 Å². The molecule has 2 heterocycles. The van der Waals surface area contributed by atoms with E-state index in [1.807, 2.05) is 43.2 Å². The lowest BCUT2D eigenvalue weighted by Gasteiger charge is -2.23. The fourth-order valence-corrected chi connectivity index (χ4v) is 2.84. The van der Waals surface area contributed by atoms with Crippen LogP contribution in [-0.2, 0) is 19.6 Å². The summed E-state index contributed by atoms with van der Waals surface area (Å²) in [6.07, 6.45) is 11.2. The fraction of sp³-hybridized carbons (Fsp3) is 0.294. The first-order valence-corrected chi connectivity index (χ1v) is 8.54. The molecule has 24 heavy (non-hydrogen) atoms. The molecule has 2 aromatic heterocycles. The summed E-state index contributed by atoms with van der Waals surface area (Å²) >= 11 is 12.1. The van der Waals surface area contributed by atoms with Gasteiger partial charge in [-0.25, -0.2) is 9.97 Å². The predicted octanol–water partition coefficient (Wildman–Crippen LogP) is 3.59. The lowest BCUT2D eigenvalue weighted by atomic mass is 10.2. The molecule has 0 unspecified atom stereocenters. The average Bonchev–Trinajstić information content (AvgIpc) is 3.27. The molecule has 0 N–H and O–H groups in total. The maximum Gasteiger partial charge on any atom is 0.0946 e. The second kappa shape index (κ2) is 8.33. The van der Waals surface area contributed by atoms with E-state index in [2.05, 4.69) is 24.0 Å². The van der Waals surface area contributed by atoms with E-state index in [1.165, 1.54) is 0 Å². The van der Waals surface area contributed by atoms with Gasteiger partial charge in [-0.15, -0.1) is 0 Å². The van der Waals surface area contributed by atoms with Crippen LogP contribution in [0.4, 0.5) is 0 Å². The van der Waals surface area contributed by atoms with Gasteiger partial charge >= 0.3 is 0 Å². The Morgan fingerprint density at radius 3 is 2.00 bits per heavy atom. The molecule has 7 heteroatoms. The van der Waals surface area contributed by atoms with E-state index in [-0.39, 0.29) is 0 Å². The number of rotatable bonds is 8. The first-order valence-electron chi connectivity index (χ1n) is 7.78. The number of benzene rings is 1. The molecule has 0 radical (unpaired) electrons. The lowest BCUT2D eigenvalue weighted by molar-refractivity contribution is 0.244. The van der Waals surface area contributed by atoms with Crippen molar-refractivity contribution in [2.75, 3.05) is 13.1 Å². The molecule has 0 bridgehead atoms. The molecule has 0 aliphatic rings. The van der Waals surface area contributed by atoms with Crippen LogP contribution in [0.1, 0.15) is 5.56 Å². The predicted molar refractivity (Wildman–Crippen MR) is 96.2 cm³/mol. The molecule has 5 nitrogen and oxygen atoms in total. The number of hydrogen-bond acceptors (Lipinski definition) is 3.